The monoisotopic (exact) mass is 250 g/mol. The minimum atomic E-state index is 0.132. The third kappa shape index (κ3) is 2.09. The van der Waals surface area contributed by atoms with Crippen molar-refractivity contribution in [1.29, 1.82) is 0 Å². The quantitative estimate of drug-likeness (QED) is 0.851. The van der Waals surface area contributed by atoms with E-state index in [4.69, 9.17) is 27.8 Å². The van der Waals surface area contributed by atoms with Gasteiger partial charge in [0.25, 0.3) is 0 Å². The molecular weight excluding hydrogens is 240 g/mol. The molecule has 0 amide bonds. The predicted molar refractivity (Wildman–Crippen MR) is 67.9 cm³/mol. The van der Waals surface area contributed by atoms with Crippen LogP contribution in [0.15, 0.2) is 24.4 Å². The molecular formula is C11H11ClN4O. The van der Waals surface area contributed by atoms with E-state index in [2.05, 4.69) is 9.97 Å². The molecule has 1 heterocycles. The molecule has 0 aliphatic rings. The van der Waals surface area contributed by atoms with Crippen molar-refractivity contribution in [3.05, 3.63) is 29.4 Å². The Bertz CT molecular complexity index is 559. The van der Waals surface area contributed by atoms with Crippen LogP contribution >= 0.6 is 11.6 Å². The molecule has 0 radical (unpaired) electrons. The number of hydrogen-bond acceptors (Lipinski definition) is 5. The molecule has 0 fully saturated rings. The Morgan fingerprint density at radius 1 is 1.24 bits per heavy atom. The summed E-state index contributed by atoms with van der Waals surface area (Å²) in [5.74, 6) is 0.958. The zero-order chi connectivity index (χ0) is 12.4. The third-order valence-electron chi connectivity index (χ3n) is 2.30. The number of hydrogen-bond donors (Lipinski definition) is 2. The summed E-state index contributed by atoms with van der Waals surface area (Å²) in [5, 5.41) is 0.501. The van der Waals surface area contributed by atoms with E-state index in [1.54, 1.807) is 25.4 Å². The molecule has 1 aromatic carbocycles. The average Bonchev–Trinajstić information content (AvgIpc) is 2.29. The zero-order valence-corrected chi connectivity index (χ0v) is 9.90. The van der Waals surface area contributed by atoms with Gasteiger partial charge >= 0.3 is 0 Å². The molecule has 1 aromatic heterocycles. The third-order valence-corrected chi connectivity index (χ3v) is 2.60. The second-order valence-corrected chi connectivity index (χ2v) is 3.75. The number of para-hydroxylation sites is 1. The molecule has 0 saturated heterocycles. The van der Waals surface area contributed by atoms with Crippen LogP contribution in [0.4, 0.5) is 11.8 Å². The number of aromatic nitrogens is 2. The summed E-state index contributed by atoms with van der Waals surface area (Å²) in [6.45, 7) is 0. The SMILES string of the molecule is COc1c(Cl)cccc1-c1cnc(N)nc1N. The van der Waals surface area contributed by atoms with Crippen LogP contribution in [0.5, 0.6) is 5.75 Å². The molecule has 6 heteroatoms. The maximum Gasteiger partial charge on any atom is 0.221 e. The summed E-state index contributed by atoms with van der Waals surface area (Å²) in [6.07, 6.45) is 1.55. The van der Waals surface area contributed by atoms with Crippen molar-refractivity contribution in [3.8, 4) is 16.9 Å². The highest BCUT2D eigenvalue weighted by Gasteiger charge is 2.13. The molecule has 0 aliphatic carbocycles. The van der Waals surface area contributed by atoms with Crippen LogP contribution in [0.1, 0.15) is 0 Å². The lowest BCUT2D eigenvalue weighted by atomic mass is 10.1. The van der Waals surface area contributed by atoms with Gasteiger partial charge in [-0.05, 0) is 6.07 Å². The van der Waals surface area contributed by atoms with Gasteiger partial charge in [-0.2, -0.15) is 4.98 Å². The topological polar surface area (TPSA) is 87.0 Å². The van der Waals surface area contributed by atoms with Crippen molar-refractivity contribution in [2.24, 2.45) is 0 Å². The maximum absolute atomic E-state index is 6.03. The number of rotatable bonds is 2. The fourth-order valence-electron chi connectivity index (χ4n) is 1.55. The highest BCUT2D eigenvalue weighted by Crippen LogP contribution is 2.37. The second kappa shape index (κ2) is 4.47. The molecule has 4 N–H and O–H groups in total. The van der Waals surface area contributed by atoms with Gasteiger partial charge in [0, 0.05) is 17.3 Å². The Morgan fingerprint density at radius 3 is 2.65 bits per heavy atom. The van der Waals surface area contributed by atoms with Crippen molar-refractivity contribution in [2.75, 3.05) is 18.6 Å². The van der Waals surface area contributed by atoms with Crippen LogP contribution in [0.3, 0.4) is 0 Å². The second-order valence-electron chi connectivity index (χ2n) is 3.35. The van der Waals surface area contributed by atoms with Crippen molar-refractivity contribution in [2.45, 2.75) is 0 Å². The lowest BCUT2D eigenvalue weighted by molar-refractivity contribution is 0.416. The Morgan fingerprint density at radius 2 is 2.00 bits per heavy atom. The van der Waals surface area contributed by atoms with Gasteiger partial charge in [-0.25, -0.2) is 4.98 Å². The van der Waals surface area contributed by atoms with E-state index < -0.39 is 0 Å². The molecule has 88 valence electrons. The van der Waals surface area contributed by atoms with E-state index in [1.807, 2.05) is 6.07 Å². The van der Waals surface area contributed by atoms with Crippen molar-refractivity contribution < 1.29 is 4.74 Å². The van der Waals surface area contributed by atoms with Crippen LogP contribution in [0.25, 0.3) is 11.1 Å². The normalized spacial score (nSPS) is 10.2. The first-order valence-corrected chi connectivity index (χ1v) is 5.22. The Labute approximate surface area is 103 Å². The zero-order valence-electron chi connectivity index (χ0n) is 9.14. The van der Waals surface area contributed by atoms with E-state index in [1.165, 1.54) is 0 Å². The first-order valence-electron chi connectivity index (χ1n) is 4.84. The number of nitrogens with two attached hydrogens (primary N) is 2. The van der Waals surface area contributed by atoms with Gasteiger partial charge in [-0.15, -0.1) is 0 Å². The van der Waals surface area contributed by atoms with Gasteiger partial charge < -0.3 is 16.2 Å². The van der Waals surface area contributed by atoms with Crippen LogP contribution in [0, 0.1) is 0 Å². The number of nitrogens with zero attached hydrogens (tertiary/aromatic N) is 2. The number of ether oxygens (including phenoxy) is 1. The maximum atomic E-state index is 6.03. The first-order chi connectivity index (χ1) is 8.13. The van der Waals surface area contributed by atoms with Gasteiger partial charge in [-0.1, -0.05) is 23.7 Å². The summed E-state index contributed by atoms with van der Waals surface area (Å²) in [7, 11) is 1.54. The molecule has 5 nitrogen and oxygen atoms in total. The van der Waals surface area contributed by atoms with Crippen LogP contribution in [-0.2, 0) is 0 Å². The summed E-state index contributed by atoms with van der Waals surface area (Å²) in [4.78, 5) is 7.81. The van der Waals surface area contributed by atoms with Crippen molar-refractivity contribution in [1.82, 2.24) is 9.97 Å². The van der Waals surface area contributed by atoms with Gasteiger partial charge in [0.15, 0.2) is 0 Å². The largest absolute Gasteiger partial charge is 0.495 e. The molecule has 0 atom stereocenters. The van der Waals surface area contributed by atoms with E-state index in [0.29, 0.717) is 16.3 Å². The van der Waals surface area contributed by atoms with E-state index in [-0.39, 0.29) is 11.8 Å². The number of methoxy groups -OCH3 is 1. The predicted octanol–water partition coefficient (Wildman–Crippen LogP) is 1.97. The summed E-state index contributed by atoms with van der Waals surface area (Å²) in [6, 6.07) is 5.37. The average molecular weight is 251 g/mol. The Hall–Kier alpha value is -2.01. The van der Waals surface area contributed by atoms with E-state index in [0.717, 1.165) is 5.56 Å². The van der Waals surface area contributed by atoms with Crippen LogP contribution in [0.2, 0.25) is 5.02 Å². The van der Waals surface area contributed by atoms with Crippen molar-refractivity contribution in [3.63, 3.8) is 0 Å². The standard InChI is InChI=1S/C11H11ClN4O/c1-17-9-6(3-2-4-8(9)12)7-5-15-11(14)16-10(7)13/h2-5H,1H3,(H4,13,14,15,16). The van der Waals surface area contributed by atoms with Crippen LogP contribution in [-0.4, -0.2) is 17.1 Å². The summed E-state index contributed by atoms with van der Waals surface area (Å²) in [5.41, 5.74) is 12.6. The molecule has 0 aliphatic heterocycles. The molecule has 17 heavy (non-hydrogen) atoms. The highest BCUT2D eigenvalue weighted by molar-refractivity contribution is 6.32. The number of nitrogen functional groups attached to an aromatic ring is 2. The van der Waals surface area contributed by atoms with Gasteiger partial charge in [0.2, 0.25) is 5.95 Å². The smallest absolute Gasteiger partial charge is 0.221 e. The fourth-order valence-corrected chi connectivity index (χ4v) is 1.80. The number of anilines is 2. The highest BCUT2D eigenvalue weighted by atomic mass is 35.5. The molecule has 0 spiro atoms. The van der Waals surface area contributed by atoms with Crippen molar-refractivity contribution >= 4 is 23.4 Å². The van der Waals surface area contributed by atoms with E-state index >= 15 is 0 Å². The molecule has 0 bridgehead atoms. The molecule has 2 rings (SSSR count). The first kappa shape index (κ1) is 11.5. The molecule has 2 aromatic rings. The summed E-state index contributed by atoms with van der Waals surface area (Å²) < 4.78 is 5.24. The van der Waals surface area contributed by atoms with Gasteiger partial charge in [0.1, 0.15) is 11.6 Å². The minimum Gasteiger partial charge on any atom is -0.495 e. The lowest BCUT2D eigenvalue weighted by Crippen LogP contribution is -2.01. The fraction of sp³-hybridized carbons (Fsp3) is 0.0909. The Kier molecular flexibility index (Phi) is 3.01. The van der Waals surface area contributed by atoms with Gasteiger partial charge in [0.05, 0.1) is 12.1 Å². The molecule has 0 unspecified atom stereocenters. The lowest BCUT2D eigenvalue weighted by Gasteiger charge is -2.11. The minimum absolute atomic E-state index is 0.132. The van der Waals surface area contributed by atoms with Crippen LogP contribution < -0.4 is 16.2 Å². The number of halogens is 1. The van der Waals surface area contributed by atoms with Gasteiger partial charge in [-0.3, -0.25) is 0 Å². The summed E-state index contributed by atoms with van der Waals surface area (Å²) >= 11 is 6.03. The Balaban J connectivity index is 2.64. The molecule has 0 saturated carbocycles. The number of benzene rings is 1. The van der Waals surface area contributed by atoms with E-state index in [9.17, 15) is 0 Å².